The van der Waals surface area contributed by atoms with Crippen LogP contribution in [0, 0.1) is 0 Å². The van der Waals surface area contributed by atoms with Crippen LogP contribution in [0.4, 0.5) is 19.1 Å². The van der Waals surface area contributed by atoms with Gasteiger partial charge in [-0.25, -0.2) is 14.6 Å². The first-order chi connectivity index (χ1) is 14.0. The average molecular weight is 402 g/mol. The quantitative estimate of drug-likeness (QED) is 0.709. The van der Waals surface area contributed by atoms with Gasteiger partial charge in [0, 0.05) is 49.8 Å². The highest BCUT2D eigenvalue weighted by atomic mass is 19.4. The maximum absolute atomic E-state index is 12.7. The van der Waals surface area contributed by atoms with E-state index >= 15 is 0 Å². The van der Waals surface area contributed by atoms with Gasteiger partial charge in [-0.3, -0.25) is 0 Å². The number of rotatable bonds is 5. The SMILES string of the molecule is FC(F)(F)c1ccc(-n2cc(CNC3CCCN(c4ncccn4)C3)cn2)cc1. The Balaban J connectivity index is 1.35. The Morgan fingerprint density at radius 1 is 1.10 bits per heavy atom. The smallest absolute Gasteiger partial charge is 0.339 e. The van der Waals surface area contributed by atoms with E-state index in [4.69, 9.17) is 0 Å². The number of benzene rings is 1. The fraction of sp³-hybridized carbons (Fsp3) is 0.350. The van der Waals surface area contributed by atoms with Crippen molar-refractivity contribution in [1.29, 1.82) is 0 Å². The molecule has 1 aromatic carbocycles. The van der Waals surface area contributed by atoms with Gasteiger partial charge in [0.15, 0.2) is 0 Å². The number of nitrogens with one attached hydrogen (secondary N) is 1. The lowest BCUT2D eigenvalue weighted by molar-refractivity contribution is -0.137. The number of nitrogens with zero attached hydrogens (tertiary/aromatic N) is 5. The Labute approximate surface area is 166 Å². The van der Waals surface area contributed by atoms with Crippen molar-refractivity contribution >= 4 is 5.95 Å². The minimum atomic E-state index is -4.34. The molecule has 29 heavy (non-hydrogen) atoms. The first-order valence-corrected chi connectivity index (χ1v) is 9.45. The molecule has 6 nitrogen and oxygen atoms in total. The van der Waals surface area contributed by atoms with E-state index in [0.717, 1.165) is 49.6 Å². The topological polar surface area (TPSA) is 58.9 Å². The predicted molar refractivity (Wildman–Crippen MR) is 103 cm³/mol. The molecule has 0 bridgehead atoms. The standard InChI is InChI=1S/C20H21F3N6/c21-20(22,23)16-4-6-18(7-5-16)29-13-15(12-27-29)11-26-17-3-1-10-28(14-17)19-24-8-2-9-25-19/h2,4-9,12-13,17,26H,1,3,10-11,14H2. The lowest BCUT2D eigenvalue weighted by Crippen LogP contribution is -2.46. The zero-order valence-corrected chi connectivity index (χ0v) is 15.7. The average Bonchev–Trinajstić information content (AvgIpc) is 3.22. The van der Waals surface area contributed by atoms with Crippen LogP contribution in [0.3, 0.4) is 0 Å². The lowest BCUT2D eigenvalue weighted by Gasteiger charge is -2.33. The van der Waals surface area contributed by atoms with Gasteiger partial charge in [-0.1, -0.05) is 0 Å². The summed E-state index contributed by atoms with van der Waals surface area (Å²) in [4.78, 5) is 10.8. The van der Waals surface area contributed by atoms with E-state index in [1.807, 2.05) is 6.20 Å². The molecule has 1 atom stereocenters. The summed E-state index contributed by atoms with van der Waals surface area (Å²) in [6, 6.07) is 7.09. The monoisotopic (exact) mass is 402 g/mol. The zero-order valence-electron chi connectivity index (χ0n) is 15.7. The lowest BCUT2D eigenvalue weighted by atomic mass is 10.1. The van der Waals surface area contributed by atoms with Crippen LogP contribution in [-0.2, 0) is 12.7 Å². The number of alkyl halides is 3. The van der Waals surface area contributed by atoms with Crippen LogP contribution in [0.25, 0.3) is 5.69 Å². The minimum absolute atomic E-state index is 0.307. The highest BCUT2D eigenvalue weighted by Crippen LogP contribution is 2.29. The van der Waals surface area contributed by atoms with Crippen molar-refractivity contribution in [1.82, 2.24) is 25.1 Å². The van der Waals surface area contributed by atoms with Gasteiger partial charge >= 0.3 is 6.18 Å². The Kier molecular flexibility index (Phi) is 5.48. The molecule has 0 amide bonds. The van der Waals surface area contributed by atoms with E-state index in [9.17, 15) is 13.2 Å². The summed E-state index contributed by atoms with van der Waals surface area (Å²) in [5.41, 5.74) is 0.895. The first-order valence-electron chi connectivity index (χ1n) is 9.45. The minimum Gasteiger partial charge on any atom is -0.339 e. The van der Waals surface area contributed by atoms with Gasteiger partial charge in [0.25, 0.3) is 0 Å². The molecule has 1 N–H and O–H groups in total. The molecule has 3 aromatic rings. The molecule has 1 unspecified atom stereocenters. The fourth-order valence-corrected chi connectivity index (χ4v) is 3.44. The second-order valence-electron chi connectivity index (χ2n) is 7.05. The van der Waals surface area contributed by atoms with Crippen molar-refractivity contribution in [2.45, 2.75) is 31.6 Å². The Morgan fingerprint density at radius 3 is 2.59 bits per heavy atom. The summed E-state index contributed by atoms with van der Waals surface area (Å²) < 4.78 is 39.7. The van der Waals surface area contributed by atoms with Gasteiger partial charge < -0.3 is 10.2 Å². The summed E-state index contributed by atoms with van der Waals surface area (Å²) in [6.45, 7) is 2.40. The number of aromatic nitrogens is 4. The highest BCUT2D eigenvalue weighted by Gasteiger charge is 2.30. The molecule has 1 fully saturated rings. The second kappa shape index (κ2) is 8.20. The summed E-state index contributed by atoms with van der Waals surface area (Å²) >= 11 is 0. The molecule has 1 saturated heterocycles. The van der Waals surface area contributed by atoms with Crippen LogP contribution in [0.15, 0.2) is 55.1 Å². The van der Waals surface area contributed by atoms with Crippen LogP contribution >= 0.6 is 0 Å². The van der Waals surface area contributed by atoms with E-state index in [1.54, 1.807) is 29.3 Å². The molecule has 0 radical (unpaired) electrons. The largest absolute Gasteiger partial charge is 0.416 e. The zero-order chi connectivity index (χ0) is 20.3. The van der Waals surface area contributed by atoms with Gasteiger partial charge in [-0.15, -0.1) is 0 Å². The van der Waals surface area contributed by atoms with Crippen LogP contribution in [0.5, 0.6) is 0 Å². The molecule has 1 aliphatic heterocycles. The first kappa shape index (κ1) is 19.4. The molecular formula is C20H21F3N6. The predicted octanol–water partition coefficient (Wildman–Crippen LogP) is 3.44. The van der Waals surface area contributed by atoms with E-state index in [1.165, 1.54) is 12.1 Å². The molecule has 152 valence electrons. The summed E-state index contributed by atoms with van der Waals surface area (Å²) in [6.07, 6.45) is 4.83. The normalized spacial score (nSPS) is 17.5. The van der Waals surface area contributed by atoms with E-state index < -0.39 is 11.7 Å². The Morgan fingerprint density at radius 2 is 1.86 bits per heavy atom. The molecular weight excluding hydrogens is 381 g/mol. The Bertz CT molecular complexity index is 923. The van der Waals surface area contributed by atoms with Crippen molar-refractivity contribution < 1.29 is 13.2 Å². The third-order valence-electron chi connectivity index (χ3n) is 4.95. The molecule has 0 saturated carbocycles. The molecule has 1 aliphatic rings. The molecule has 2 aromatic heterocycles. The summed E-state index contributed by atoms with van der Waals surface area (Å²) in [5.74, 6) is 0.745. The highest BCUT2D eigenvalue weighted by molar-refractivity contribution is 5.35. The number of hydrogen-bond acceptors (Lipinski definition) is 5. The number of hydrogen-bond donors (Lipinski definition) is 1. The molecule has 9 heteroatoms. The third-order valence-corrected chi connectivity index (χ3v) is 4.95. The van der Waals surface area contributed by atoms with E-state index in [-0.39, 0.29) is 0 Å². The second-order valence-corrected chi connectivity index (χ2v) is 7.05. The maximum atomic E-state index is 12.7. The van der Waals surface area contributed by atoms with Gasteiger partial charge in [0.05, 0.1) is 17.4 Å². The van der Waals surface area contributed by atoms with Gasteiger partial charge in [-0.05, 0) is 43.2 Å². The molecule has 0 aliphatic carbocycles. The van der Waals surface area contributed by atoms with E-state index in [2.05, 4.69) is 25.3 Å². The number of piperidine rings is 1. The fourth-order valence-electron chi connectivity index (χ4n) is 3.44. The van der Waals surface area contributed by atoms with Crippen LogP contribution in [0.2, 0.25) is 0 Å². The maximum Gasteiger partial charge on any atom is 0.416 e. The van der Waals surface area contributed by atoms with Crippen molar-refractivity contribution in [3.8, 4) is 5.69 Å². The summed E-state index contributed by atoms with van der Waals surface area (Å²) in [5, 5.41) is 7.80. The van der Waals surface area contributed by atoms with Crippen molar-refractivity contribution in [2.24, 2.45) is 0 Å². The van der Waals surface area contributed by atoms with Crippen LogP contribution in [0.1, 0.15) is 24.0 Å². The van der Waals surface area contributed by atoms with Gasteiger partial charge in [-0.2, -0.15) is 18.3 Å². The van der Waals surface area contributed by atoms with Crippen LogP contribution in [-0.4, -0.2) is 38.9 Å². The Hall–Kier alpha value is -2.94. The van der Waals surface area contributed by atoms with Crippen LogP contribution < -0.4 is 10.2 Å². The van der Waals surface area contributed by atoms with Gasteiger partial charge in [0.2, 0.25) is 5.95 Å². The number of anilines is 1. The van der Waals surface area contributed by atoms with E-state index in [0.29, 0.717) is 18.3 Å². The third kappa shape index (κ3) is 4.73. The number of halogens is 3. The van der Waals surface area contributed by atoms with Crippen molar-refractivity contribution in [2.75, 3.05) is 18.0 Å². The summed E-state index contributed by atoms with van der Waals surface area (Å²) in [7, 11) is 0. The van der Waals surface area contributed by atoms with Gasteiger partial charge in [0.1, 0.15) is 0 Å². The van der Waals surface area contributed by atoms with Crippen molar-refractivity contribution in [3.05, 3.63) is 66.2 Å². The molecule has 4 rings (SSSR count). The molecule has 3 heterocycles. The molecule has 0 spiro atoms. The van der Waals surface area contributed by atoms with Crippen molar-refractivity contribution in [3.63, 3.8) is 0 Å².